The van der Waals surface area contributed by atoms with E-state index in [1.54, 1.807) is 30.4 Å². The minimum Gasteiger partial charge on any atom is -0.352 e. The highest BCUT2D eigenvalue weighted by Gasteiger charge is 2.16. The summed E-state index contributed by atoms with van der Waals surface area (Å²) in [5, 5.41) is 9.30. The van der Waals surface area contributed by atoms with E-state index in [1.165, 1.54) is 0 Å². The summed E-state index contributed by atoms with van der Waals surface area (Å²) in [6.07, 6.45) is 5.97. The molecule has 0 fully saturated rings. The lowest BCUT2D eigenvalue weighted by Crippen LogP contribution is -2.25. The number of nitrogens with two attached hydrogens (primary N) is 1. The van der Waals surface area contributed by atoms with E-state index in [9.17, 15) is 9.00 Å². The molecule has 0 saturated carbocycles. The lowest BCUT2D eigenvalue weighted by Gasteiger charge is -2.15. The molecule has 0 spiro atoms. The maximum Gasteiger partial charge on any atom is 0.224 e. The van der Waals surface area contributed by atoms with Crippen LogP contribution in [0.15, 0.2) is 63.9 Å². The molecule has 4 N–H and O–H groups in total. The number of rotatable bonds is 8. The van der Waals surface area contributed by atoms with Crippen LogP contribution in [0.1, 0.15) is 50.8 Å². The molecular weight excluding hydrogens is 535 g/mol. The van der Waals surface area contributed by atoms with Crippen LogP contribution in [0, 0.1) is 6.92 Å². The minimum absolute atomic E-state index is 0.125. The summed E-state index contributed by atoms with van der Waals surface area (Å²) >= 11 is 13.0. The number of nitrogens with zero attached hydrogens (tertiary/aromatic N) is 1. The molecule has 2 aromatic rings. The van der Waals surface area contributed by atoms with Crippen molar-refractivity contribution in [3.8, 4) is 0 Å². The zero-order valence-corrected chi connectivity index (χ0v) is 24.4. The molecule has 1 aliphatic carbocycles. The van der Waals surface area contributed by atoms with Crippen LogP contribution < -0.4 is 15.2 Å². The van der Waals surface area contributed by atoms with E-state index >= 15 is 0 Å². The Morgan fingerprint density at radius 3 is 2.47 bits per heavy atom. The molecule has 0 aliphatic heterocycles. The first kappa shape index (κ1) is 31.9. The van der Waals surface area contributed by atoms with Crippen molar-refractivity contribution in [1.82, 2.24) is 5.32 Å². The van der Waals surface area contributed by atoms with Crippen LogP contribution in [0.5, 0.6) is 0 Å². The lowest BCUT2D eigenvalue weighted by atomic mass is 10.1. The second-order valence-corrected chi connectivity index (χ2v) is 9.58. The Hall–Kier alpha value is -2.10. The first-order valence-electron chi connectivity index (χ1n) is 11.6. The Labute approximate surface area is 231 Å². The van der Waals surface area contributed by atoms with Gasteiger partial charge in [-0.15, -0.1) is 0 Å². The Morgan fingerprint density at radius 2 is 1.81 bits per heavy atom. The van der Waals surface area contributed by atoms with Crippen LogP contribution in [-0.4, -0.2) is 15.8 Å². The molecule has 0 saturated heterocycles. The van der Waals surface area contributed by atoms with E-state index in [4.69, 9.17) is 28.3 Å². The maximum absolute atomic E-state index is 12.9. The van der Waals surface area contributed by atoms with E-state index in [-0.39, 0.29) is 18.9 Å². The van der Waals surface area contributed by atoms with Crippen LogP contribution in [-0.2, 0) is 28.7 Å². The summed E-state index contributed by atoms with van der Waals surface area (Å²) in [6, 6.07) is 10.8. The van der Waals surface area contributed by atoms with E-state index < -0.39 is 11.0 Å². The van der Waals surface area contributed by atoms with E-state index in [0.717, 1.165) is 34.5 Å². The third-order valence-electron chi connectivity index (χ3n) is 4.64. The summed E-state index contributed by atoms with van der Waals surface area (Å²) in [6.45, 7) is 10.2. The van der Waals surface area contributed by atoms with Gasteiger partial charge >= 0.3 is 0 Å². The van der Waals surface area contributed by atoms with Crippen molar-refractivity contribution in [2.75, 3.05) is 4.72 Å². The molecule has 1 atom stereocenters. The number of benzene rings is 2. The van der Waals surface area contributed by atoms with Gasteiger partial charge in [0, 0.05) is 27.9 Å². The third-order valence-corrected chi connectivity index (χ3v) is 6.73. The number of anilines is 1. The monoisotopic (exact) mass is 568 g/mol. The van der Waals surface area contributed by atoms with Gasteiger partial charge in [-0.2, -0.15) is 0 Å². The highest BCUT2D eigenvalue weighted by Crippen LogP contribution is 2.24. The minimum atomic E-state index is -1.49. The van der Waals surface area contributed by atoms with Crippen LogP contribution in [0.4, 0.5) is 5.69 Å². The zero-order valence-electron chi connectivity index (χ0n) is 21.2. The summed E-state index contributed by atoms with van der Waals surface area (Å²) in [5.41, 5.74) is 3.89. The van der Waals surface area contributed by atoms with Gasteiger partial charge in [-0.1, -0.05) is 75.2 Å². The second-order valence-electron chi connectivity index (χ2n) is 7.08. The number of nitrogens with one attached hydrogen (secondary N) is 2. The average Bonchev–Trinajstić information content (AvgIpc) is 2.88. The Morgan fingerprint density at radius 1 is 1.11 bits per heavy atom. The van der Waals surface area contributed by atoms with Gasteiger partial charge in [-0.05, 0) is 54.0 Å². The molecule has 6 nitrogen and oxygen atoms in total. The number of amides is 1. The van der Waals surface area contributed by atoms with Gasteiger partial charge < -0.3 is 10.0 Å². The summed E-state index contributed by atoms with van der Waals surface area (Å²) in [4.78, 5) is 13.2. The average molecular weight is 570 g/mol. The summed E-state index contributed by atoms with van der Waals surface area (Å²) < 4.78 is 20.1. The third kappa shape index (κ3) is 10.5. The number of carbonyl (C=O) groups is 1. The molecule has 1 amide bonds. The Balaban J connectivity index is 0.00000154. The number of aryl methyl sites for hydroxylation is 1. The summed E-state index contributed by atoms with van der Waals surface area (Å²) in [7, 11) is -1.49. The van der Waals surface area contributed by atoms with Crippen molar-refractivity contribution >= 4 is 63.6 Å². The van der Waals surface area contributed by atoms with Crippen molar-refractivity contribution in [1.29, 1.82) is 0 Å². The number of hydrogen-bond donors (Lipinski definition) is 3. The van der Waals surface area contributed by atoms with E-state index in [1.807, 2.05) is 58.9 Å². The molecule has 2 aromatic carbocycles. The zero-order chi connectivity index (χ0) is 27.1. The van der Waals surface area contributed by atoms with Crippen molar-refractivity contribution in [2.24, 2.45) is 9.54 Å². The lowest BCUT2D eigenvalue weighted by molar-refractivity contribution is -0.120. The Bertz CT molecular complexity index is 1130. The van der Waals surface area contributed by atoms with Crippen LogP contribution >= 0.6 is 35.3 Å². The first-order chi connectivity index (χ1) is 17.4. The SMILES string of the molecule is CC.CC.Cc1ccc(CC(=O)NCc2ccc(Cl)cc2Cl)c(NS(=O)C2=CC=C/C(=N/SN)C2)c1. The van der Waals surface area contributed by atoms with Gasteiger partial charge in [0.1, 0.15) is 11.0 Å². The topological polar surface area (TPSA) is 96.6 Å². The highest BCUT2D eigenvalue weighted by molar-refractivity contribution is 7.95. The fraction of sp³-hybridized carbons (Fsp3) is 0.308. The standard InChI is InChI=1S/C22H22Cl2N4O2S2.2C2H6/c1-14-5-6-15(10-22(29)26-13-16-7-8-17(23)11-20(16)24)21(9-14)28-32(30)19-4-2-3-18(12-19)27-31-25;2*1-2/h2-9,11,28H,10,12-13,25H2,1H3,(H,26,29);2*1-2H3/b27-18-;;. The largest absolute Gasteiger partial charge is 0.352 e. The molecule has 0 aromatic heterocycles. The molecule has 36 heavy (non-hydrogen) atoms. The van der Waals surface area contributed by atoms with Gasteiger partial charge in [-0.3, -0.25) is 9.93 Å². The molecule has 10 heteroatoms. The van der Waals surface area contributed by atoms with Crippen LogP contribution in [0.3, 0.4) is 0 Å². The number of hydrogen-bond acceptors (Lipinski definition) is 5. The molecule has 1 aliphatic rings. The fourth-order valence-corrected chi connectivity index (χ4v) is 4.76. The predicted molar refractivity (Wildman–Crippen MR) is 159 cm³/mol. The van der Waals surface area contributed by atoms with Gasteiger partial charge in [-0.25, -0.2) is 8.61 Å². The molecule has 0 radical (unpaired) electrons. The van der Waals surface area contributed by atoms with Gasteiger partial charge in [0.25, 0.3) is 0 Å². The molecule has 1 unspecified atom stereocenters. The number of halogens is 2. The van der Waals surface area contributed by atoms with Crippen molar-refractivity contribution in [2.45, 2.75) is 54.0 Å². The normalized spacial score (nSPS) is 14.0. The molecular formula is C26H34Cl2N4O2S2. The van der Waals surface area contributed by atoms with Crippen molar-refractivity contribution < 1.29 is 9.00 Å². The smallest absolute Gasteiger partial charge is 0.224 e. The molecule has 0 heterocycles. The predicted octanol–water partition coefficient (Wildman–Crippen LogP) is 7.10. The van der Waals surface area contributed by atoms with Gasteiger partial charge in [0.15, 0.2) is 0 Å². The number of carbonyl (C=O) groups excluding carboxylic acids is 1. The molecule has 0 bridgehead atoms. The van der Waals surface area contributed by atoms with E-state index in [2.05, 4.69) is 14.4 Å². The van der Waals surface area contributed by atoms with Gasteiger partial charge in [0.05, 0.1) is 30.0 Å². The highest BCUT2D eigenvalue weighted by atomic mass is 35.5. The van der Waals surface area contributed by atoms with Crippen molar-refractivity contribution in [3.05, 3.63) is 86.3 Å². The first-order valence-corrected chi connectivity index (χ1v) is 14.4. The van der Waals surface area contributed by atoms with Crippen LogP contribution in [0.2, 0.25) is 10.0 Å². The maximum atomic E-state index is 12.9. The Kier molecular flexibility index (Phi) is 15.4. The second kappa shape index (κ2) is 17.4. The van der Waals surface area contributed by atoms with Crippen LogP contribution in [0.25, 0.3) is 0 Å². The van der Waals surface area contributed by atoms with Gasteiger partial charge in [0.2, 0.25) is 5.91 Å². The fourth-order valence-electron chi connectivity index (χ4n) is 3.02. The molecule has 3 rings (SSSR count). The summed E-state index contributed by atoms with van der Waals surface area (Å²) in [5.74, 6) is -0.178. The van der Waals surface area contributed by atoms with E-state index in [0.29, 0.717) is 27.1 Å². The molecule has 196 valence electrons. The van der Waals surface area contributed by atoms with Crippen molar-refractivity contribution in [3.63, 3.8) is 0 Å². The quantitative estimate of drug-likeness (QED) is 0.296. The number of allylic oxidation sites excluding steroid dienone is 4.